The smallest absolute Gasteiger partial charge is 0.214 e. The van der Waals surface area contributed by atoms with Gasteiger partial charge in [0.05, 0.1) is 17.0 Å². The van der Waals surface area contributed by atoms with E-state index < -0.39 is 10.0 Å². The first kappa shape index (κ1) is 15.0. The molecule has 3 aromatic rings. The van der Waals surface area contributed by atoms with Gasteiger partial charge in [0.1, 0.15) is 5.82 Å². The van der Waals surface area contributed by atoms with E-state index in [1.54, 1.807) is 6.20 Å². The van der Waals surface area contributed by atoms with Gasteiger partial charge < -0.3 is 4.98 Å². The van der Waals surface area contributed by atoms with Crippen molar-refractivity contribution in [2.75, 3.05) is 0 Å². The Bertz CT molecular complexity index is 1090. The molecular weight excluding hydrogens is 340 g/mol. The quantitative estimate of drug-likeness (QED) is 0.688. The Labute approximate surface area is 144 Å². The summed E-state index contributed by atoms with van der Waals surface area (Å²) in [5.74, 6) is 0.766. The molecule has 5 rings (SSSR count). The van der Waals surface area contributed by atoms with Crippen LogP contribution in [0.25, 0.3) is 16.8 Å². The molecule has 0 radical (unpaired) electrons. The fraction of sp³-hybridized carbons (Fsp3) is 0.438. The minimum atomic E-state index is -3.20. The van der Waals surface area contributed by atoms with Crippen LogP contribution in [0.1, 0.15) is 37.4 Å². The van der Waals surface area contributed by atoms with Gasteiger partial charge in [0, 0.05) is 18.2 Å². The maximum atomic E-state index is 12.2. The third-order valence-corrected chi connectivity index (χ3v) is 7.11. The van der Waals surface area contributed by atoms with Crippen molar-refractivity contribution in [2.45, 2.75) is 42.9 Å². The molecule has 3 heterocycles. The molecule has 25 heavy (non-hydrogen) atoms. The normalized spacial score (nSPS) is 24.6. The lowest BCUT2D eigenvalue weighted by Gasteiger charge is -2.12. The van der Waals surface area contributed by atoms with Gasteiger partial charge in [-0.25, -0.2) is 18.1 Å². The lowest BCUT2D eigenvalue weighted by atomic mass is 10.0. The van der Waals surface area contributed by atoms with Crippen molar-refractivity contribution in [2.24, 2.45) is 0 Å². The summed E-state index contributed by atoms with van der Waals surface area (Å²) in [5.41, 5.74) is 3.34. The topological polar surface area (TPSA) is 105 Å². The van der Waals surface area contributed by atoms with Crippen molar-refractivity contribution >= 4 is 26.8 Å². The van der Waals surface area contributed by atoms with Crippen molar-refractivity contribution in [1.82, 2.24) is 29.3 Å². The number of H-pyrrole nitrogens is 1. The predicted octanol–water partition coefficient (Wildman–Crippen LogP) is 1.49. The molecule has 130 valence electrons. The maximum Gasteiger partial charge on any atom is 0.214 e. The Morgan fingerprint density at radius 3 is 2.96 bits per heavy atom. The Balaban J connectivity index is 1.50. The van der Waals surface area contributed by atoms with Crippen LogP contribution in [-0.2, 0) is 10.0 Å². The van der Waals surface area contributed by atoms with Crippen LogP contribution in [0.15, 0.2) is 30.6 Å². The molecule has 0 saturated heterocycles. The minimum Gasteiger partial charge on any atom is -0.345 e. The Kier molecular flexibility index (Phi) is 3.08. The van der Waals surface area contributed by atoms with Crippen LogP contribution in [0, 0.1) is 0 Å². The van der Waals surface area contributed by atoms with Gasteiger partial charge in [-0.15, -0.1) is 10.2 Å². The van der Waals surface area contributed by atoms with E-state index in [9.17, 15) is 8.42 Å². The fourth-order valence-corrected chi connectivity index (χ4v) is 5.29. The van der Waals surface area contributed by atoms with Crippen molar-refractivity contribution in [1.29, 1.82) is 0 Å². The van der Waals surface area contributed by atoms with Gasteiger partial charge in [0.15, 0.2) is 11.3 Å². The second-order valence-corrected chi connectivity index (χ2v) is 8.92. The highest BCUT2D eigenvalue weighted by molar-refractivity contribution is 7.90. The van der Waals surface area contributed by atoms with E-state index in [2.05, 4.69) is 31.5 Å². The van der Waals surface area contributed by atoms with E-state index in [0.29, 0.717) is 18.5 Å². The zero-order chi connectivity index (χ0) is 17.2. The van der Waals surface area contributed by atoms with Gasteiger partial charge in [-0.3, -0.25) is 4.40 Å². The molecular formula is C16H18N6O2S. The lowest BCUT2D eigenvalue weighted by molar-refractivity contribution is 0.545. The van der Waals surface area contributed by atoms with Crippen LogP contribution in [0.5, 0.6) is 0 Å². The number of aromatic amines is 1. The molecule has 2 aliphatic rings. The molecule has 0 spiro atoms. The van der Waals surface area contributed by atoms with E-state index in [1.807, 2.05) is 16.7 Å². The van der Waals surface area contributed by atoms with Crippen molar-refractivity contribution < 1.29 is 8.42 Å². The molecule has 2 N–H and O–H groups in total. The summed E-state index contributed by atoms with van der Waals surface area (Å²) < 4.78 is 29.3. The molecule has 0 bridgehead atoms. The Morgan fingerprint density at radius 2 is 2.16 bits per heavy atom. The molecule has 0 aliphatic heterocycles. The third-order valence-electron chi connectivity index (χ3n) is 5.09. The molecule has 2 atom stereocenters. The van der Waals surface area contributed by atoms with Crippen LogP contribution in [0.2, 0.25) is 0 Å². The first-order valence-corrected chi connectivity index (χ1v) is 9.93. The number of rotatable bonds is 4. The number of nitrogens with zero attached hydrogens (tertiary/aromatic N) is 4. The largest absolute Gasteiger partial charge is 0.345 e. The number of nitrogens with one attached hydrogen (secondary N) is 2. The summed E-state index contributed by atoms with van der Waals surface area (Å²) in [6.07, 6.45) is 6.32. The molecule has 3 aromatic heterocycles. The molecule has 9 heteroatoms. The van der Waals surface area contributed by atoms with Crippen molar-refractivity contribution in [3.8, 4) is 0 Å². The van der Waals surface area contributed by atoms with E-state index in [4.69, 9.17) is 0 Å². The lowest BCUT2D eigenvalue weighted by Crippen LogP contribution is -2.35. The fourth-order valence-electron chi connectivity index (χ4n) is 3.70. The van der Waals surface area contributed by atoms with Crippen LogP contribution in [-0.4, -0.2) is 44.3 Å². The molecule has 2 fully saturated rings. The highest BCUT2D eigenvalue weighted by atomic mass is 32.2. The van der Waals surface area contributed by atoms with Crippen LogP contribution < -0.4 is 4.72 Å². The van der Waals surface area contributed by atoms with Crippen LogP contribution >= 0.6 is 0 Å². The summed E-state index contributed by atoms with van der Waals surface area (Å²) >= 11 is 0. The van der Waals surface area contributed by atoms with Crippen LogP contribution in [0.4, 0.5) is 0 Å². The van der Waals surface area contributed by atoms with Crippen molar-refractivity contribution in [3.63, 3.8) is 0 Å². The first-order chi connectivity index (χ1) is 12.0. The summed E-state index contributed by atoms with van der Waals surface area (Å²) in [7, 11) is -3.20. The standard InChI is InChI=1S/C16H18N6O2S/c1-9-6-10(21-25(23,24)11-2-3-11)7-12(9)16-20-19-14-8-18-15-13(22(14)16)4-5-17-15/h4-5,8,10-12,17,21H,1-3,6-7H2/t10-,12+/m1/s1. The van der Waals surface area contributed by atoms with Crippen LogP contribution in [0.3, 0.4) is 0 Å². The summed E-state index contributed by atoms with van der Waals surface area (Å²) in [5, 5.41) is 8.37. The molecule has 8 nitrogen and oxygen atoms in total. The highest BCUT2D eigenvalue weighted by Crippen LogP contribution is 2.39. The monoisotopic (exact) mass is 358 g/mol. The molecule has 0 aromatic carbocycles. The average Bonchev–Trinajstić information content (AvgIpc) is 3.03. The maximum absolute atomic E-state index is 12.2. The Hall–Kier alpha value is -2.26. The number of hydrogen-bond acceptors (Lipinski definition) is 5. The van der Waals surface area contributed by atoms with Gasteiger partial charge in [0.2, 0.25) is 10.0 Å². The average molecular weight is 358 g/mol. The third kappa shape index (κ3) is 2.37. The van der Waals surface area contributed by atoms with E-state index in [1.165, 1.54) is 0 Å². The van der Waals surface area contributed by atoms with Gasteiger partial charge in [-0.1, -0.05) is 12.2 Å². The summed E-state index contributed by atoms with van der Waals surface area (Å²) in [4.78, 5) is 7.41. The Morgan fingerprint density at radius 1 is 1.32 bits per heavy atom. The highest BCUT2D eigenvalue weighted by Gasteiger charge is 2.40. The number of hydrogen-bond donors (Lipinski definition) is 2. The van der Waals surface area contributed by atoms with Gasteiger partial charge >= 0.3 is 0 Å². The van der Waals surface area contributed by atoms with Crippen molar-refractivity contribution in [3.05, 3.63) is 36.4 Å². The van der Waals surface area contributed by atoms with E-state index in [-0.39, 0.29) is 17.2 Å². The van der Waals surface area contributed by atoms with E-state index in [0.717, 1.165) is 35.4 Å². The molecule has 2 saturated carbocycles. The first-order valence-electron chi connectivity index (χ1n) is 8.39. The zero-order valence-electron chi connectivity index (χ0n) is 13.5. The summed E-state index contributed by atoms with van der Waals surface area (Å²) in [6, 6.07) is 1.81. The zero-order valence-corrected chi connectivity index (χ0v) is 14.3. The number of sulfonamides is 1. The molecule has 0 amide bonds. The number of fused-ring (bicyclic) bond motifs is 3. The predicted molar refractivity (Wildman–Crippen MR) is 92.6 cm³/mol. The number of aromatic nitrogens is 5. The SMILES string of the molecule is C=C1C[C@@H](NS(=O)(=O)C2CC2)C[C@@H]1c1nnc2cnc3[nH]ccc3n12. The van der Waals surface area contributed by atoms with Gasteiger partial charge in [-0.2, -0.15) is 0 Å². The minimum absolute atomic E-state index is 0.0256. The second kappa shape index (κ2) is 5.12. The van der Waals surface area contributed by atoms with Gasteiger partial charge in [-0.05, 0) is 31.7 Å². The molecule has 2 aliphatic carbocycles. The summed E-state index contributed by atoms with van der Waals surface area (Å²) in [6.45, 7) is 4.17. The van der Waals surface area contributed by atoms with Gasteiger partial charge in [0.25, 0.3) is 0 Å². The van der Waals surface area contributed by atoms with E-state index >= 15 is 0 Å². The second-order valence-electron chi connectivity index (χ2n) is 6.93. The molecule has 0 unspecified atom stereocenters.